The lowest BCUT2D eigenvalue weighted by molar-refractivity contribution is -0.115. The highest BCUT2D eigenvalue weighted by Crippen LogP contribution is 2.29. The molecule has 2 rings (SSSR count). The first kappa shape index (κ1) is 10.4. The summed E-state index contributed by atoms with van der Waals surface area (Å²) >= 11 is 2.11. The predicted octanol–water partition coefficient (Wildman–Crippen LogP) is 1.57. The van der Waals surface area contributed by atoms with Gasteiger partial charge in [-0.25, -0.2) is 4.79 Å². The summed E-state index contributed by atoms with van der Waals surface area (Å²) in [5.41, 5.74) is 1.87. The summed E-state index contributed by atoms with van der Waals surface area (Å²) in [4.78, 5) is 22.7. The zero-order valence-corrected chi connectivity index (χ0v) is 10.1. The van der Waals surface area contributed by atoms with Crippen LogP contribution in [0.1, 0.15) is 15.9 Å². The molecule has 1 aromatic carbocycles. The number of fused-ring (bicyclic) bond motifs is 1. The van der Waals surface area contributed by atoms with E-state index in [1.165, 1.54) is 7.11 Å². The Balaban J connectivity index is 2.56. The van der Waals surface area contributed by atoms with E-state index in [0.29, 0.717) is 17.7 Å². The van der Waals surface area contributed by atoms with Crippen molar-refractivity contribution in [2.24, 2.45) is 0 Å². The first-order chi connectivity index (χ1) is 7.11. The standard InChI is InChI=1S/C10H8INO3/c1-15-10(14)7-4-6(11)2-5-3-8(13)12-9(5)7/h2,4H,3H2,1H3,(H,12,13). The molecule has 0 atom stereocenters. The maximum Gasteiger partial charge on any atom is 0.340 e. The van der Waals surface area contributed by atoms with Crippen LogP contribution in [0, 0.1) is 3.57 Å². The van der Waals surface area contributed by atoms with Crippen molar-refractivity contribution in [3.63, 3.8) is 0 Å². The summed E-state index contributed by atoms with van der Waals surface area (Å²) < 4.78 is 5.58. The second-order valence-electron chi connectivity index (χ2n) is 3.20. The zero-order valence-electron chi connectivity index (χ0n) is 7.96. The molecule has 78 valence electrons. The number of rotatable bonds is 1. The number of benzene rings is 1. The topological polar surface area (TPSA) is 55.4 Å². The highest BCUT2D eigenvalue weighted by molar-refractivity contribution is 14.1. The number of nitrogens with one attached hydrogen (secondary N) is 1. The maximum atomic E-state index is 11.5. The number of anilines is 1. The molecule has 1 N–H and O–H groups in total. The maximum absolute atomic E-state index is 11.5. The van der Waals surface area contributed by atoms with Gasteiger partial charge in [0.25, 0.3) is 0 Å². The van der Waals surface area contributed by atoms with Gasteiger partial charge in [0.05, 0.1) is 24.8 Å². The Labute approximate surface area is 100 Å². The molecule has 0 saturated heterocycles. The minimum Gasteiger partial charge on any atom is -0.465 e. The second-order valence-corrected chi connectivity index (χ2v) is 4.45. The fourth-order valence-corrected chi connectivity index (χ4v) is 2.27. The fraction of sp³-hybridized carbons (Fsp3) is 0.200. The Kier molecular flexibility index (Phi) is 2.64. The normalized spacial score (nSPS) is 13.3. The number of carbonyl (C=O) groups excluding carboxylic acids is 2. The van der Waals surface area contributed by atoms with Gasteiger partial charge in [0.15, 0.2) is 0 Å². The van der Waals surface area contributed by atoms with Crippen molar-refractivity contribution in [2.75, 3.05) is 12.4 Å². The van der Waals surface area contributed by atoms with E-state index in [1.54, 1.807) is 6.07 Å². The average Bonchev–Trinajstić information content (AvgIpc) is 2.55. The first-order valence-electron chi connectivity index (χ1n) is 4.32. The lowest BCUT2D eigenvalue weighted by Gasteiger charge is -2.06. The molecule has 0 radical (unpaired) electrons. The van der Waals surface area contributed by atoms with E-state index in [-0.39, 0.29) is 5.91 Å². The predicted molar refractivity (Wildman–Crippen MR) is 62.8 cm³/mol. The monoisotopic (exact) mass is 317 g/mol. The van der Waals surface area contributed by atoms with Crippen LogP contribution in [-0.4, -0.2) is 19.0 Å². The number of hydrogen-bond acceptors (Lipinski definition) is 3. The summed E-state index contributed by atoms with van der Waals surface area (Å²) in [7, 11) is 1.32. The highest BCUT2D eigenvalue weighted by atomic mass is 127. The van der Waals surface area contributed by atoms with Gasteiger partial charge in [-0.1, -0.05) is 0 Å². The molecule has 0 bridgehead atoms. The van der Waals surface area contributed by atoms with Gasteiger partial charge >= 0.3 is 5.97 Å². The Morgan fingerprint density at radius 3 is 2.93 bits per heavy atom. The number of carbonyl (C=O) groups is 2. The number of hydrogen-bond donors (Lipinski definition) is 1. The van der Waals surface area contributed by atoms with Crippen LogP contribution >= 0.6 is 22.6 Å². The molecular weight excluding hydrogens is 309 g/mol. The first-order valence-corrected chi connectivity index (χ1v) is 5.40. The third kappa shape index (κ3) is 1.83. The molecule has 1 amide bonds. The molecule has 4 nitrogen and oxygen atoms in total. The molecule has 1 aliphatic rings. The smallest absolute Gasteiger partial charge is 0.340 e. The molecule has 0 aromatic heterocycles. The highest BCUT2D eigenvalue weighted by Gasteiger charge is 2.24. The van der Waals surface area contributed by atoms with E-state index in [1.807, 2.05) is 6.07 Å². The quantitative estimate of drug-likeness (QED) is 0.632. The fourth-order valence-electron chi connectivity index (χ4n) is 1.58. The van der Waals surface area contributed by atoms with Gasteiger partial charge in [-0.2, -0.15) is 0 Å². The number of halogens is 1. The van der Waals surface area contributed by atoms with Crippen LogP contribution in [0.3, 0.4) is 0 Å². The van der Waals surface area contributed by atoms with Crippen molar-refractivity contribution in [3.8, 4) is 0 Å². The van der Waals surface area contributed by atoms with Crippen molar-refractivity contribution in [1.82, 2.24) is 0 Å². The van der Waals surface area contributed by atoms with Gasteiger partial charge in [-0.3, -0.25) is 4.79 Å². The molecule has 1 heterocycles. The third-order valence-corrected chi connectivity index (χ3v) is 2.83. The molecule has 0 aliphatic carbocycles. The van der Waals surface area contributed by atoms with Crippen molar-refractivity contribution in [3.05, 3.63) is 26.8 Å². The van der Waals surface area contributed by atoms with Crippen molar-refractivity contribution >= 4 is 40.2 Å². The Hall–Kier alpha value is -1.11. The van der Waals surface area contributed by atoms with Crippen LogP contribution in [0.2, 0.25) is 0 Å². The summed E-state index contributed by atoms with van der Waals surface area (Å²) in [6.07, 6.45) is 0.330. The van der Waals surface area contributed by atoms with E-state index >= 15 is 0 Å². The summed E-state index contributed by atoms with van der Waals surface area (Å²) in [5, 5.41) is 2.67. The molecule has 15 heavy (non-hydrogen) atoms. The zero-order chi connectivity index (χ0) is 11.0. The van der Waals surface area contributed by atoms with Crippen LogP contribution in [0.15, 0.2) is 12.1 Å². The van der Waals surface area contributed by atoms with E-state index in [0.717, 1.165) is 9.13 Å². The SMILES string of the molecule is COC(=O)c1cc(I)cc2c1NC(=O)C2. The summed E-state index contributed by atoms with van der Waals surface area (Å²) in [6, 6.07) is 3.59. The van der Waals surface area contributed by atoms with Gasteiger partial charge in [0.1, 0.15) is 0 Å². The Morgan fingerprint density at radius 1 is 1.53 bits per heavy atom. The lowest BCUT2D eigenvalue weighted by atomic mass is 10.1. The molecule has 5 heteroatoms. The van der Waals surface area contributed by atoms with Crippen LogP contribution in [-0.2, 0) is 16.0 Å². The van der Waals surface area contributed by atoms with E-state index in [2.05, 4.69) is 32.6 Å². The van der Waals surface area contributed by atoms with E-state index in [9.17, 15) is 9.59 Å². The average molecular weight is 317 g/mol. The number of ether oxygens (including phenoxy) is 1. The Morgan fingerprint density at radius 2 is 2.27 bits per heavy atom. The van der Waals surface area contributed by atoms with Gasteiger partial charge in [-0.05, 0) is 40.3 Å². The third-order valence-electron chi connectivity index (χ3n) is 2.21. The minimum absolute atomic E-state index is 0.0860. The summed E-state index contributed by atoms with van der Waals surface area (Å²) in [5.74, 6) is -0.510. The molecule has 0 unspecified atom stereocenters. The van der Waals surface area contributed by atoms with Crippen molar-refractivity contribution < 1.29 is 14.3 Å². The summed E-state index contributed by atoms with van der Waals surface area (Å²) in [6.45, 7) is 0. The van der Waals surface area contributed by atoms with Gasteiger partial charge in [0.2, 0.25) is 5.91 Å². The van der Waals surface area contributed by atoms with Gasteiger partial charge < -0.3 is 10.1 Å². The number of amides is 1. The molecule has 0 saturated carbocycles. The van der Waals surface area contributed by atoms with Crippen LogP contribution in [0.5, 0.6) is 0 Å². The van der Waals surface area contributed by atoms with Crippen molar-refractivity contribution in [2.45, 2.75) is 6.42 Å². The van der Waals surface area contributed by atoms with Crippen LogP contribution in [0.4, 0.5) is 5.69 Å². The molecule has 1 aliphatic heterocycles. The molecular formula is C10H8INO3. The van der Waals surface area contributed by atoms with Crippen molar-refractivity contribution in [1.29, 1.82) is 0 Å². The Bertz CT molecular complexity index is 456. The number of methoxy groups -OCH3 is 1. The largest absolute Gasteiger partial charge is 0.465 e. The van der Waals surface area contributed by atoms with Crippen LogP contribution < -0.4 is 5.32 Å². The van der Waals surface area contributed by atoms with Gasteiger partial charge in [-0.15, -0.1) is 0 Å². The van der Waals surface area contributed by atoms with Crippen LogP contribution in [0.25, 0.3) is 0 Å². The molecule has 0 spiro atoms. The number of esters is 1. The molecule has 0 fully saturated rings. The van der Waals surface area contributed by atoms with Gasteiger partial charge in [0, 0.05) is 3.57 Å². The minimum atomic E-state index is -0.424. The molecule has 1 aromatic rings. The van der Waals surface area contributed by atoms with E-state index in [4.69, 9.17) is 0 Å². The lowest BCUT2D eigenvalue weighted by Crippen LogP contribution is -2.08. The second kappa shape index (κ2) is 3.80. The van der Waals surface area contributed by atoms with E-state index < -0.39 is 5.97 Å².